The zero-order valence-corrected chi connectivity index (χ0v) is 10.4. The van der Waals surface area contributed by atoms with E-state index >= 15 is 0 Å². The molecule has 1 aliphatic rings. The maximum absolute atomic E-state index is 5.51. The third-order valence-corrected chi connectivity index (χ3v) is 6.46. The fourth-order valence-corrected chi connectivity index (χ4v) is 4.87. The zero-order chi connectivity index (χ0) is 10.6. The molecule has 0 bridgehead atoms. The van der Waals surface area contributed by atoms with Gasteiger partial charge in [0, 0.05) is 26.9 Å². The van der Waals surface area contributed by atoms with Gasteiger partial charge in [0.1, 0.15) is 0 Å². The highest BCUT2D eigenvalue weighted by Crippen LogP contribution is 2.38. The summed E-state index contributed by atoms with van der Waals surface area (Å²) in [4.78, 5) is 0. The topological polar surface area (TPSA) is 27.7 Å². The van der Waals surface area contributed by atoms with Gasteiger partial charge in [-0.2, -0.15) is 0 Å². The van der Waals surface area contributed by atoms with E-state index < -0.39 is 8.80 Å². The maximum Gasteiger partial charge on any atom is 0.504 e. The molecule has 0 aromatic rings. The van der Waals surface area contributed by atoms with Crippen LogP contribution in [0.4, 0.5) is 0 Å². The van der Waals surface area contributed by atoms with E-state index in [4.69, 9.17) is 13.3 Å². The predicted octanol–water partition coefficient (Wildman–Crippen LogP) is 2.22. The van der Waals surface area contributed by atoms with Gasteiger partial charge < -0.3 is 13.3 Å². The third-order valence-electron chi connectivity index (χ3n) is 3.03. The first-order valence-corrected chi connectivity index (χ1v) is 6.82. The second-order valence-corrected chi connectivity index (χ2v) is 6.86. The molecule has 0 spiro atoms. The summed E-state index contributed by atoms with van der Waals surface area (Å²) in [6.45, 7) is 2.19. The van der Waals surface area contributed by atoms with Crippen molar-refractivity contribution in [2.75, 3.05) is 21.3 Å². The molecule has 0 aromatic carbocycles. The molecule has 82 valence electrons. The molecule has 0 aliphatic heterocycles. The monoisotopic (exact) mass is 216 g/mol. The highest BCUT2D eigenvalue weighted by molar-refractivity contribution is 6.62. The van der Waals surface area contributed by atoms with Crippen molar-refractivity contribution in [1.29, 1.82) is 0 Å². The molecule has 0 amide bonds. The number of hydrogen-bond acceptors (Lipinski definition) is 3. The Hall–Kier alpha value is -0.163. The van der Waals surface area contributed by atoms with Crippen LogP contribution in [0.15, 0.2) is 12.2 Å². The van der Waals surface area contributed by atoms with Crippen molar-refractivity contribution < 1.29 is 13.3 Å². The van der Waals surface area contributed by atoms with E-state index in [2.05, 4.69) is 19.1 Å². The quantitative estimate of drug-likeness (QED) is 0.533. The molecule has 4 heteroatoms. The molecule has 0 N–H and O–H groups in total. The Labute approximate surface area is 87.4 Å². The molecular weight excluding hydrogens is 196 g/mol. The SMILES string of the molecule is CO[Si](OC)(OC)C1CCC=CC1C. The van der Waals surface area contributed by atoms with E-state index in [0.717, 1.165) is 12.8 Å². The number of rotatable bonds is 4. The van der Waals surface area contributed by atoms with Gasteiger partial charge in [-0.25, -0.2) is 0 Å². The van der Waals surface area contributed by atoms with Gasteiger partial charge in [-0.05, 0) is 18.8 Å². The van der Waals surface area contributed by atoms with Crippen molar-refractivity contribution in [1.82, 2.24) is 0 Å². The van der Waals surface area contributed by atoms with Gasteiger partial charge in [0.05, 0.1) is 0 Å². The standard InChI is InChI=1S/C10H20O3Si/c1-9-7-5-6-8-10(9)14(11-2,12-3)13-4/h5,7,9-10H,6,8H2,1-4H3. The fourth-order valence-electron chi connectivity index (χ4n) is 2.19. The third kappa shape index (κ3) is 2.08. The molecule has 2 atom stereocenters. The van der Waals surface area contributed by atoms with Crippen molar-refractivity contribution in [3.63, 3.8) is 0 Å². The van der Waals surface area contributed by atoms with Gasteiger partial charge in [0.25, 0.3) is 0 Å². The average molecular weight is 216 g/mol. The van der Waals surface area contributed by atoms with Crippen LogP contribution in [-0.2, 0) is 13.3 Å². The predicted molar refractivity (Wildman–Crippen MR) is 58.1 cm³/mol. The van der Waals surface area contributed by atoms with Crippen LogP contribution in [0.1, 0.15) is 19.8 Å². The molecule has 0 fully saturated rings. The Bertz CT molecular complexity index is 193. The average Bonchev–Trinajstić information content (AvgIpc) is 2.24. The van der Waals surface area contributed by atoms with Crippen molar-refractivity contribution in [3.8, 4) is 0 Å². The van der Waals surface area contributed by atoms with Crippen LogP contribution in [0, 0.1) is 5.92 Å². The Kier molecular flexibility index (Phi) is 4.31. The molecule has 2 unspecified atom stereocenters. The van der Waals surface area contributed by atoms with Crippen LogP contribution < -0.4 is 0 Å². The summed E-state index contributed by atoms with van der Waals surface area (Å²) >= 11 is 0. The summed E-state index contributed by atoms with van der Waals surface area (Å²) < 4.78 is 16.5. The summed E-state index contributed by atoms with van der Waals surface area (Å²) in [6, 6.07) is 0. The smallest absolute Gasteiger partial charge is 0.377 e. The highest BCUT2D eigenvalue weighted by atomic mass is 28.4. The van der Waals surface area contributed by atoms with E-state index in [1.54, 1.807) is 21.3 Å². The zero-order valence-electron chi connectivity index (χ0n) is 9.45. The van der Waals surface area contributed by atoms with Gasteiger partial charge in [0.15, 0.2) is 0 Å². The lowest BCUT2D eigenvalue weighted by Gasteiger charge is -2.36. The molecule has 1 aliphatic carbocycles. The van der Waals surface area contributed by atoms with Crippen LogP contribution in [0.3, 0.4) is 0 Å². The van der Waals surface area contributed by atoms with Gasteiger partial charge in [-0.1, -0.05) is 19.1 Å². The highest BCUT2D eigenvalue weighted by Gasteiger charge is 2.49. The van der Waals surface area contributed by atoms with Gasteiger partial charge in [-0.15, -0.1) is 0 Å². The van der Waals surface area contributed by atoms with Crippen molar-refractivity contribution >= 4 is 8.80 Å². The van der Waals surface area contributed by atoms with E-state index in [-0.39, 0.29) is 0 Å². The Morgan fingerprint density at radius 2 is 1.71 bits per heavy atom. The van der Waals surface area contributed by atoms with E-state index in [1.165, 1.54) is 0 Å². The fraction of sp³-hybridized carbons (Fsp3) is 0.800. The van der Waals surface area contributed by atoms with E-state index in [0.29, 0.717) is 11.5 Å². The van der Waals surface area contributed by atoms with Gasteiger partial charge >= 0.3 is 8.80 Å². The van der Waals surface area contributed by atoms with Crippen LogP contribution in [0.5, 0.6) is 0 Å². The molecule has 0 radical (unpaired) electrons. The minimum Gasteiger partial charge on any atom is -0.377 e. The summed E-state index contributed by atoms with van der Waals surface area (Å²) in [7, 11) is 2.62. The second-order valence-electron chi connectivity index (χ2n) is 3.69. The number of allylic oxidation sites excluding steroid dienone is 2. The van der Waals surface area contributed by atoms with Crippen LogP contribution in [0.2, 0.25) is 5.54 Å². The summed E-state index contributed by atoms with van der Waals surface area (Å²) in [5.74, 6) is 0.482. The number of hydrogen-bond donors (Lipinski definition) is 0. The summed E-state index contributed by atoms with van der Waals surface area (Å²) in [5.41, 5.74) is 0.396. The summed E-state index contributed by atoms with van der Waals surface area (Å²) in [6.07, 6.45) is 6.65. The molecule has 0 saturated heterocycles. The first-order chi connectivity index (χ1) is 6.70. The molecule has 0 aromatic heterocycles. The van der Waals surface area contributed by atoms with E-state index in [1.807, 2.05) is 0 Å². The molecule has 1 rings (SSSR count). The molecule has 0 heterocycles. The lowest BCUT2D eigenvalue weighted by molar-refractivity contribution is 0.103. The maximum atomic E-state index is 5.51. The molecule has 14 heavy (non-hydrogen) atoms. The van der Waals surface area contributed by atoms with Crippen LogP contribution >= 0.6 is 0 Å². The van der Waals surface area contributed by atoms with Crippen molar-refractivity contribution in [2.45, 2.75) is 25.3 Å². The minimum atomic E-state index is -2.43. The first-order valence-electron chi connectivity index (χ1n) is 5.02. The second kappa shape index (κ2) is 5.07. The van der Waals surface area contributed by atoms with Crippen LogP contribution in [-0.4, -0.2) is 30.1 Å². The largest absolute Gasteiger partial charge is 0.504 e. The molecule has 0 saturated carbocycles. The minimum absolute atomic E-state index is 0.396. The van der Waals surface area contributed by atoms with Crippen LogP contribution in [0.25, 0.3) is 0 Å². The van der Waals surface area contributed by atoms with Gasteiger partial charge in [-0.3, -0.25) is 0 Å². The normalized spacial score (nSPS) is 28.0. The van der Waals surface area contributed by atoms with Crippen molar-refractivity contribution in [2.24, 2.45) is 5.92 Å². The Morgan fingerprint density at radius 1 is 1.14 bits per heavy atom. The molecular formula is C10H20O3Si. The van der Waals surface area contributed by atoms with Crippen molar-refractivity contribution in [3.05, 3.63) is 12.2 Å². The van der Waals surface area contributed by atoms with Gasteiger partial charge in [0.2, 0.25) is 0 Å². The lowest BCUT2D eigenvalue weighted by atomic mass is 9.97. The molecule has 3 nitrogen and oxygen atoms in total. The van der Waals surface area contributed by atoms with E-state index in [9.17, 15) is 0 Å². The Balaban J connectivity index is 2.81. The lowest BCUT2D eigenvalue weighted by Crippen LogP contribution is -2.49. The first kappa shape index (κ1) is 11.9. The Morgan fingerprint density at radius 3 is 2.14 bits per heavy atom. The summed E-state index contributed by atoms with van der Waals surface area (Å²) in [5, 5.41) is 0.